The van der Waals surface area contributed by atoms with Gasteiger partial charge >= 0.3 is 12.0 Å². The molecule has 45 heavy (non-hydrogen) atoms. The first-order chi connectivity index (χ1) is 21.3. The van der Waals surface area contributed by atoms with Gasteiger partial charge in [0.25, 0.3) is 10.0 Å². The number of carbonyl (C=O) groups excluding carboxylic acids is 1. The molecule has 1 heterocycles. The number of likely N-dealkylation sites (tertiary alicyclic amines) is 1. The van der Waals surface area contributed by atoms with E-state index in [4.69, 9.17) is 21.1 Å². The number of hydrogen-bond donors (Lipinski definition) is 3. The van der Waals surface area contributed by atoms with E-state index in [-0.39, 0.29) is 34.6 Å². The van der Waals surface area contributed by atoms with Crippen molar-refractivity contribution in [2.24, 2.45) is 11.8 Å². The Morgan fingerprint density at radius 1 is 0.956 bits per heavy atom. The Kier molecular flexibility index (Phi) is 9.62. The van der Waals surface area contributed by atoms with Gasteiger partial charge in [0.2, 0.25) is 0 Å². The van der Waals surface area contributed by atoms with Gasteiger partial charge in [-0.05, 0) is 76.9 Å². The summed E-state index contributed by atoms with van der Waals surface area (Å²) >= 11 is 5.82. The minimum absolute atomic E-state index is 0.00238. The first kappa shape index (κ1) is 32.6. The summed E-state index contributed by atoms with van der Waals surface area (Å²) in [7, 11) is -3.97. The molecule has 0 bridgehead atoms. The van der Waals surface area contributed by atoms with Crippen LogP contribution in [0.25, 0.3) is 0 Å². The highest BCUT2D eigenvalue weighted by molar-refractivity contribution is 7.90. The number of piperidine rings is 1. The van der Waals surface area contributed by atoms with Crippen molar-refractivity contribution in [1.29, 1.82) is 0 Å². The quantitative estimate of drug-likeness (QED) is 0.239. The summed E-state index contributed by atoms with van der Waals surface area (Å²) in [5.41, 5.74) is 1.96. The molecule has 1 aliphatic heterocycles. The number of nitrogens with zero attached hydrogens (tertiary/aromatic N) is 1. The van der Waals surface area contributed by atoms with E-state index in [1.807, 2.05) is 36.4 Å². The van der Waals surface area contributed by atoms with Gasteiger partial charge in [-0.1, -0.05) is 56.6 Å². The molecule has 0 aromatic heterocycles. The van der Waals surface area contributed by atoms with Crippen molar-refractivity contribution < 1.29 is 32.6 Å². The third-order valence-electron chi connectivity index (χ3n) is 8.20. The van der Waals surface area contributed by atoms with Gasteiger partial charge in [0.15, 0.2) is 6.10 Å². The molecule has 3 N–H and O–H groups in total. The molecule has 5 rings (SSSR count). The van der Waals surface area contributed by atoms with Crippen LogP contribution in [0.3, 0.4) is 0 Å². The van der Waals surface area contributed by atoms with Crippen LogP contribution in [0.15, 0.2) is 77.7 Å². The summed E-state index contributed by atoms with van der Waals surface area (Å²) in [6.45, 7) is 8.36. The fraction of sp³-hybridized carbons (Fsp3) is 0.394. The second-order valence-electron chi connectivity index (χ2n) is 12.5. The van der Waals surface area contributed by atoms with Crippen LogP contribution in [0.4, 0.5) is 4.79 Å². The van der Waals surface area contributed by atoms with Crippen molar-refractivity contribution in [1.82, 2.24) is 14.9 Å². The van der Waals surface area contributed by atoms with E-state index in [2.05, 4.69) is 30.8 Å². The van der Waals surface area contributed by atoms with Gasteiger partial charge in [0, 0.05) is 37.1 Å². The van der Waals surface area contributed by atoms with Gasteiger partial charge in [0.05, 0.1) is 4.90 Å². The van der Waals surface area contributed by atoms with Crippen molar-refractivity contribution in [2.45, 2.75) is 49.6 Å². The van der Waals surface area contributed by atoms with E-state index in [1.54, 1.807) is 12.1 Å². The van der Waals surface area contributed by atoms with Crippen molar-refractivity contribution in [3.63, 3.8) is 0 Å². The molecule has 2 fully saturated rings. The molecule has 10 nitrogen and oxygen atoms in total. The molecular formula is C33H38ClN3O7S. The van der Waals surface area contributed by atoms with E-state index in [1.165, 1.54) is 29.2 Å². The molecule has 1 saturated carbocycles. The lowest BCUT2D eigenvalue weighted by molar-refractivity contribution is -0.145. The van der Waals surface area contributed by atoms with Gasteiger partial charge in [-0.2, -0.15) is 0 Å². The van der Waals surface area contributed by atoms with E-state index in [9.17, 15) is 23.1 Å². The SMILES string of the molecule is CC(C)(C)c1ccc(O[C@@H](Cc2ccc(OCCNC3C4CN(C(=O)NS(=O)(=O)c5ccc(Cl)cc5)C[C@@H]43)cc2)C(=O)O)cc1. The summed E-state index contributed by atoms with van der Waals surface area (Å²) in [6.07, 6.45) is -0.806. The van der Waals surface area contributed by atoms with E-state index in [0.29, 0.717) is 42.8 Å². The number of sulfonamides is 1. The molecule has 2 aliphatic rings. The number of ether oxygens (including phenoxy) is 2. The summed E-state index contributed by atoms with van der Waals surface area (Å²) in [5, 5.41) is 13.6. The predicted molar refractivity (Wildman–Crippen MR) is 170 cm³/mol. The predicted octanol–water partition coefficient (Wildman–Crippen LogP) is 4.71. The molecule has 1 aliphatic carbocycles. The molecule has 0 radical (unpaired) electrons. The highest BCUT2D eigenvalue weighted by Gasteiger charge is 2.56. The van der Waals surface area contributed by atoms with Crippen molar-refractivity contribution in [3.8, 4) is 11.5 Å². The second kappa shape index (κ2) is 13.3. The van der Waals surface area contributed by atoms with E-state index >= 15 is 0 Å². The van der Waals surface area contributed by atoms with Gasteiger partial charge in [-0.25, -0.2) is 22.7 Å². The minimum atomic E-state index is -3.97. The Morgan fingerprint density at radius 2 is 1.56 bits per heavy atom. The Bertz CT molecular complexity index is 1600. The number of carboxylic acids is 1. The van der Waals surface area contributed by atoms with Crippen LogP contribution in [0, 0.1) is 11.8 Å². The third kappa shape index (κ3) is 8.27. The summed E-state index contributed by atoms with van der Waals surface area (Å²) in [6, 6.07) is 20.1. The highest BCUT2D eigenvalue weighted by Crippen LogP contribution is 2.45. The number of rotatable bonds is 12. The summed E-state index contributed by atoms with van der Waals surface area (Å²) in [5.74, 6) is 0.702. The first-order valence-corrected chi connectivity index (χ1v) is 16.7. The number of amides is 2. The highest BCUT2D eigenvalue weighted by atomic mass is 35.5. The molecule has 3 aromatic rings. The number of urea groups is 1. The molecule has 240 valence electrons. The molecule has 2 amide bonds. The van der Waals surface area contributed by atoms with Crippen molar-refractivity contribution in [3.05, 3.63) is 88.9 Å². The molecule has 3 aromatic carbocycles. The Hall–Kier alpha value is -3.80. The maximum atomic E-state index is 12.6. The molecular weight excluding hydrogens is 618 g/mol. The van der Waals surface area contributed by atoms with Crippen LogP contribution in [-0.4, -0.2) is 68.8 Å². The summed E-state index contributed by atoms with van der Waals surface area (Å²) in [4.78, 5) is 25.9. The van der Waals surface area contributed by atoms with Crippen molar-refractivity contribution >= 4 is 33.6 Å². The standard InChI is InChI=1S/C33H38ClN3O7S/c1-33(2,3)22-6-12-25(13-7-22)44-29(31(38)39)18-21-4-10-24(11-5-21)43-17-16-35-30-27-19-37(20-28(27)30)32(40)36-45(41,42)26-14-8-23(34)9-15-26/h4-15,27-30,35H,16-20H2,1-3H3,(H,36,40)(H,38,39)/t27-,28?,29-,30?/m0/s1. The molecule has 1 saturated heterocycles. The van der Waals surface area contributed by atoms with E-state index < -0.39 is 28.1 Å². The Balaban J connectivity index is 1.01. The molecule has 2 unspecified atom stereocenters. The largest absolute Gasteiger partial charge is 0.492 e. The lowest BCUT2D eigenvalue weighted by Crippen LogP contribution is -2.44. The second-order valence-corrected chi connectivity index (χ2v) is 14.6. The van der Waals surface area contributed by atoms with Crippen LogP contribution in [0.1, 0.15) is 31.9 Å². The number of carboxylic acid groups (broad SMARTS) is 1. The molecule has 12 heteroatoms. The van der Waals surface area contributed by atoms with Crippen LogP contribution in [0.5, 0.6) is 11.5 Å². The number of nitrogens with one attached hydrogen (secondary N) is 2. The van der Waals surface area contributed by atoms with Crippen LogP contribution in [0.2, 0.25) is 5.02 Å². The monoisotopic (exact) mass is 655 g/mol. The number of benzene rings is 3. The Morgan fingerprint density at radius 3 is 2.13 bits per heavy atom. The molecule has 4 atom stereocenters. The lowest BCUT2D eigenvalue weighted by Gasteiger charge is -2.21. The zero-order valence-corrected chi connectivity index (χ0v) is 27.0. The van der Waals surface area contributed by atoms with Crippen LogP contribution >= 0.6 is 11.6 Å². The lowest BCUT2D eigenvalue weighted by atomic mass is 9.87. The topological polar surface area (TPSA) is 134 Å². The zero-order chi connectivity index (χ0) is 32.4. The number of aliphatic carboxylic acids is 1. The van der Waals surface area contributed by atoms with E-state index in [0.717, 1.165) is 11.1 Å². The maximum Gasteiger partial charge on any atom is 0.345 e. The van der Waals surface area contributed by atoms with Crippen LogP contribution < -0.4 is 19.5 Å². The minimum Gasteiger partial charge on any atom is -0.492 e. The Labute approximate surface area is 268 Å². The van der Waals surface area contributed by atoms with Gasteiger partial charge in [0.1, 0.15) is 18.1 Å². The number of carbonyl (C=O) groups is 2. The number of hydrogen-bond acceptors (Lipinski definition) is 7. The number of halogens is 1. The van der Waals surface area contributed by atoms with Gasteiger partial charge in [-0.15, -0.1) is 0 Å². The molecule has 0 spiro atoms. The third-order valence-corrected chi connectivity index (χ3v) is 9.78. The summed E-state index contributed by atoms with van der Waals surface area (Å²) < 4.78 is 38.8. The first-order valence-electron chi connectivity index (χ1n) is 14.8. The zero-order valence-electron chi connectivity index (χ0n) is 25.4. The fourth-order valence-corrected chi connectivity index (χ4v) is 6.65. The van der Waals surface area contributed by atoms with Crippen molar-refractivity contribution in [2.75, 3.05) is 26.2 Å². The average Bonchev–Trinajstić information content (AvgIpc) is 3.42. The normalized spacial score (nSPS) is 19.8. The smallest absolute Gasteiger partial charge is 0.345 e. The van der Waals surface area contributed by atoms with Gasteiger partial charge in [-0.3, -0.25) is 0 Å². The van der Waals surface area contributed by atoms with Crippen LogP contribution in [-0.2, 0) is 26.7 Å². The van der Waals surface area contributed by atoms with Gasteiger partial charge < -0.3 is 24.8 Å². The maximum absolute atomic E-state index is 12.6. The average molecular weight is 656 g/mol. The fourth-order valence-electron chi connectivity index (χ4n) is 5.55. The number of fused-ring (bicyclic) bond motifs is 1.